The number of hydrogen-bond acceptors (Lipinski definition) is 6. The van der Waals surface area contributed by atoms with Crippen LogP contribution < -0.4 is 15.0 Å². The van der Waals surface area contributed by atoms with Gasteiger partial charge >= 0.3 is 18.2 Å². The van der Waals surface area contributed by atoms with Crippen LogP contribution in [-0.2, 0) is 21.7 Å². The molecule has 1 atom stereocenters. The van der Waals surface area contributed by atoms with E-state index >= 15 is 0 Å². The largest absolute Gasteiger partial charge is 0.424 e. The van der Waals surface area contributed by atoms with Crippen LogP contribution in [0.2, 0.25) is 0 Å². The molecule has 2 aliphatic rings. The molecule has 30 heavy (non-hydrogen) atoms. The van der Waals surface area contributed by atoms with Crippen molar-refractivity contribution in [1.29, 1.82) is 0 Å². The molecule has 8 nitrogen and oxygen atoms in total. The molecule has 0 bridgehead atoms. The predicted molar refractivity (Wildman–Crippen MR) is 96.8 cm³/mol. The Morgan fingerprint density at radius 1 is 1.17 bits per heavy atom. The fourth-order valence-corrected chi connectivity index (χ4v) is 3.29. The maximum atomic E-state index is 13.4. The molecule has 1 N–H and O–H groups in total. The first-order valence-electron chi connectivity index (χ1n) is 8.93. The summed E-state index contributed by atoms with van der Waals surface area (Å²) in [4.78, 5) is 33.2. The number of nitrogens with one attached hydrogen (secondary N) is 1. The van der Waals surface area contributed by atoms with Gasteiger partial charge in [0.2, 0.25) is 0 Å². The van der Waals surface area contributed by atoms with Crippen molar-refractivity contribution in [3.8, 4) is 11.8 Å². The van der Waals surface area contributed by atoms with E-state index < -0.39 is 29.3 Å². The van der Waals surface area contributed by atoms with Crippen LogP contribution in [0, 0.1) is 0 Å². The minimum absolute atomic E-state index is 0.0364. The molecule has 1 aromatic carbocycles. The summed E-state index contributed by atoms with van der Waals surface area (Å²) >= 11 is 0. The third-order valence-electron chi connectivity index (χ3n) is 5.09. The lowest BCUT2D eigenvalue weighted by atomic mass is 9.93. The van der Waals surface area contributed by atoms with Crippen LogP contribution >= 0.6 is 0 Å². The Kier molecular flexibility index (Phi) is 4.28. The number of rotatable bonds is 3. The van der Waals surface area contributed by atoms with E-state index in [9.17, 15) is 22.8 Å². The minimum atomic E-state index is -4.59. The summed E-state index contributed by atoms with van der Waals surface area (Å²) in [6, 6.07) is 3.46. The maximum Gasteiger partial charge on any atom is 0.421 e. The average Bonchev–Trinajstić information content (AvgIpc) is 3.10. The number of aromatic nitrogens is 2. The van der Waals surface area contributed by atoms with Crippen molar-refractivity contribution in [2.75, 3.05) is 4.90 Å². The van der Waals surface area contributed by atoms with Gasteiger partial charge < -0.3 is 14.8 Å². The summed E-state index contributed by atoms with van der Waals surface area (Å²) in [6.45, 7) is 3.95. The molecule has 0 radical (unpaired) electrons. The van der Waals surface area contributed by atoms with Gasteiger partial charge in [-0.25, -0.2) is 19.7 Å². The van der Waals surface area contributed by atoms with E-state index in [0.717, 1.165) is 11.8 Å². The van der Waals surface area contributed by atoms with Crippen molar-refractivity contribution in [2.24, 2.45) is 0 Å². The molecule has 0 saturated carbocycles. The second-order valence-corrected chi connectivity index (χ2v) is 7.66. The Morgan fingerprint density at radius 2 is 1.83 bits per heavy atom. The first kappa shape index (κ1) is 20.1. The number of imide groups is 1. The third-order valence-corrected chi connectivity index (χ3v) is 5.09. The number of anilines is 1. The van der Waals surface area contributed by atoms with Crippen LogP contribution in [-0.4, -0.2) is 33.6 Å². The summed E-state index contributed by atoms with van der Waals surface area (Å²) in [5.74, 6) is -0.367. The van der Waals surface area contributed by atoms with E-state index in [1.54, 1.807) is 13.8 Å². The van der Waals surface area contributed by atoms with Crippen molar-refractivity contribution >= 4 is 17.6 Å². The summed E-state index contributed by atoms with van der Waals surface area (Å²) in [5.41, 5.74) is -2.96. The number of nitrogens with zero attached hydrogens (tertiary/aromatic N) is 3. The molecule has 2 aromatic rings. The summed E-state index contributed by atoms with van der Waals surface area (Å²) in [7, 11) is 0. The second-order valence-electron chi connectivity index (χ2n) is 7.66. The highest BCUT2D eigenvalue weighted by Gasteiger charge is 2.57. The lowest BCUT2D eigenvalue weighted by Gasteiger charge is -2.27. The summed E-state index contributed by atoms with van der Waals surface area (Å²) < 4.78 is 50.8. The summed E-state index contributed by atoms with van der Waals surface area (Å²) in [6.07, 6.45) is -2.15. The zero-order valence-corrected chi connectivity index (χ0v) is 16.2. The van der Waals surface area contributed by atoms with Crippen LogP contribution in [0.3, 0.4) is 0 Å². The van der Waals surface area contributed by atoms with Gasteiger partial charge in [0.25, 0.3) is 5.91 Å². The highest BCUT2D eigenvalue weighted by molar-refractivity contribution is 6.22. The SMILES string of the molecule is CC1(C)NC(=O)N(c2cnc(Oc3ccc4c(c3)C(C)(C(F)(F)F)OC4)nc2)C1=O. The number of alkyl halides is 3. The molecule has 1 saturated heterocycles. The Hall–Kier alpha value is -3.21. The minimum Gasteiger partial charge on any atom is -0.424 e. The number of carbonyl (C=O) groups excluding carboxylic acids is 2. The number of urea groups is 1. The first-order chi connectivity index (χ1) is 13.9. The monoisotopic (exact) mass is 422 g/mol. The number of hydrogen-bond donors (Lipinski definition) is 1. The van der Waals surface area contributed by atoms with Gasteiger partial charge in [0.15, 0.2) is 5.60 Å². The molecule has 1 aromatic heterocycles. The lowest BCUT2D eigenvalue weighted by Crippen LogP contribution is -2.40. The molecule has 3 heterocycles. The standard InChI is InChI=1S/C19H17F3N4O4/c1-17(2)14(27)26(16(28)25-17)11-7-23-15(24-8-11)30-12-5-4-10-9-29-18(3,13(10)6-12)19(20,21)22/h4-8H,9H2,1-3H3,(H,25,28). The van der Waals surface area contributed by atoms with E-state index in [1.165, 1.54) is 30.6 Å². The van der Waals surface area contributed by atoms with Crippen LogP contribution in [0.4, 0.5) is 23.7 Å². The van der Waals surface area contributed by atoms with Gasteiger partial charge in [-0.3, -0.25) is 4.79 Å². The number of amides is 3. The molecule has 0 spiro atoms. The van der Waals surface area contributed by atoms with E-state index in [2.05, 4.69) is 15.3 Å². The zero-order valence-electron chi connectivity index (χ0n) is 16.2. The van der Waals surface area contributed by atoms with Gasteiger partial charge in [0, 0.05) is 5.56 Å². The molecule has 1 fully saturated rings. The van der Waals surface area contributed by atoms with E-state index in [4.69, 9.17) is 9.47 Å². The maximum absolute atomic E-state index is 13.4. The molecular weight excluding hydrogens is 405 g/mol. The van der Waals surface area contributed by atoms with Crippen molar-refractivity contribution in [3.05, 3.63) is 41.7 Å². The first-order valence-corrected chi connectivity index (χ1v) is 8.93. The third kappa shape index (κ3) is 3.05. The number of fused-ring (bicyclic) bond motifs is 1. The number of benzene rings is 1. The van der Waals surface area contributed by atoms with E-state index in [-0.39, 0.29) is 29.6 Å². The number of ether oxygens (including phenoxy) is 2. The van der Waals surface area contributed by atoms with Gasteiger partial charge in [-0.2, -0.15) is 13.2 Å². The van der Waals surface area contributed by atoms with Gasteiger partial charge in [-0.15, -0.1) is 0 Å². The van der Waals surface area contributed by atoms with Crippen LogP contribution in [0.15, 0.2) is 30.6 Å². The summed E-state index contributed by atoms with van der Waals surface area (Å²) in [5, 5.41) is 2.54. The molecule has 158 valence electrons. The number of halogens is 3. The molecule has 4 rings (SSSR count). The van der Waals surface area contributed by atoms with Gasteiger partial charge in [0.05, 0.1) is 24.7 Å². The van der Waals surface area contributed by atoms with Crippen LogP contribution in [0.5, 0.6) is 11.8 Å². The normalized spacial score (nSPS) is 22.8. The zero-order chi connectivity index (χ0) is 21.9. The predicted octanol–water partition coefficient (Wildman–Crippen LogP) is 3.41. The van der Waals surface area contributed by atoms with Crippen molar-refractivity contribution in [1.82, 2.24) is 15.3 Å². The Morgan fingerprint density at radius 3 is 2.40 bits per heavy atom. The van der Waals surface area contributed by atoms with Gasteiger partial charge in [-0.1, -0.05) is 6.07 Å². The topological polar surface area (TPSA) is 93.7 Å². The smallest absolute Gasteiger partial charge is 0.421 e. The molecule has 0 aliphatic carbocycles. The van der Waals surface area contributed by atoms with Crippen molar-refractivity contribution < 1.29 is 32.2 Å². The Balaban J connectivity index is 1.56. The molecule has 2 aliphatic heterocycles. The molecular formula is C19H17F3N4O4. The van der Waals surface area contributed by atoms with Crippen LogP contribution in [0.25, 0.3) is 0 Å². The number of carbonyl (C=O) groups is 2. The second kappa shape index (κ2) is 6.39. The highest BCUT2D eigenvalue weighted by Crippen LogP contribution is 2.48. The van der Waals surface area contributed by atoms with E-state index in [1.807, 2.05) is 0 Å². The fraction of sp³-hybridized carbons (Fsp3) is 0.368. The lowest BCUT2D eigenvalue weighted by molar-refractivity contribution is -0.272. The quantitative estimate of drug-likeness (QED) is 0.762. The highest BCUT2D eigenvalue weighted by atomic mass is 19.4. The van der Waals surface area contributed by atoms with Crippen molar-refractivity contribution in [2.45, 2.75) is 44.7 Å². The Labute approximate surface area is 169 Å². The Bertz CT molecular complexity index is 1040. The average molecular weight is 422 g/mol. The van der Waals surface area contributed by atoms with E-state index in [0.29, 0.717) is 5.56 Å². The van der Waals surface area contributed by atoms with Crippen LogP contribution in [0.1, 0.15) is 31.9 Å². The van der Waals surface area contributed by atoms with Gasteiger partial charge in [-0.05, 0) is 38.5 Å². The van der Waals surface area contributed by atoms with Crippen molar-refractivity contribution in [3.63, 3.8) is 0 Å². The molecule has 1 unspecified atom stereocenters. The molecule has 3 amide bonds. The fourth-order valence-electron chi connectivity index (χ4n) is 3.29. The van der Waals surface area contributed by atoms with Gasteiger partial charge in [0.1, 0.15) is 11.3 Å². The molecule has 11 heteroatoms.